The Morgan fingerprint density at radius 3 is 2.71 bits per heavy atom. The van der Waals surface area contributed by atoms with E-state index in [4.69, 9.17) is 14.0 Å². The number of aliphatic hydroxyl groups is 1. The van der Waals surface area contributed by atoms with Crippen molar-refractivity contribution in [1.82, 2.24) is 4.90 Å². The third kappa shape index (κ3) is 6.26. The maximum Gasteiger partial charge on any atom is 0.0918 e. The standard InChI is InChI=1S/C19H30IN3O/c1-19(2)10-4-11-23(3)14-18(22-20-19)16-7-5-15(6-8-16)13-17(21)9-12-24/h5-8,14,17,24H,4,9-13,21H2,1-3H3/b18-14-. The summed E-state index contributed by atoms with van der Waals surface area (Å²) in [6.07, 6.45) is 6.11. The number of rotatable bonds is 5. The molecule has 4 nitrogen and oxygen atoms in total. The van der Waals surface area contributed by atoms with Gasteiger partial charge in [0, 0.05) is 62.5 Å². The van der Waals surface area contributed by atoms with Crippen molar-refractivity contribution in [3.05, 3.63) is 41.6 Å². The van der Waals surface area contributed by atoms with Crippen LogP contribution in [0.5, 0.6) is 0 Å². The number of benzene rings is 1. The molecule has 1 aliphatic heterocycles. The summed E-state index contributed by atoms with van der Waals surface area (Å²) in [6, 6.07) is 8.60. The molecule has 0 radical (unpaired) electrons. The van der Waals surface area contributed by atoms with Crippen LogP contribution in [0.3, 0.4) is 0 Å². The topological polar surface area (TPSA) is 61.8 Å². The van der Waals surface area contributed by atoms with Crippen LogP contribution in [-0.4, -0.2) is 39.7 Å². The molecule has 1 aliphatic rings. The molecule has 1 atom stereocenters. The molecule has 134 valence electrons. The van der Waals surface area contributed by atoms with E-state index >= 15 is 0 Å². The third-order valence-electron chi connectivity index (χ3n) is 4.23. The molecule has 1 aromatic carbocycles. The second-order valence-corrected chi connectivity index (χ2v) is 11.0. The summed E-state index contributed by atoms with van der Waals surface area (Å²) in [5.41, 5.74) is 9.51. The van der Waals surface area contributed by atoms with Gasteiger partial charge in [0.1, 0.15) is 0 Å². The quantitative estimate of drug-likeness (QED) is 0.536. The predicted molar refractivity (Wildman–Crippen MR) is 110 cm³/mol. The largest absolute Gasteiger partial charge is 0.396 e. The smallest absolute Gasteiger partial charge is 0.0918 e. The molecule has 0 saturated heterocycles. The Morgan fingerprint density at radius 1 is 1.33 bits per heavy atom. The molecule has 1 aromatic rings. The molecule has 2 rings (SSSR count). The first-order valence-electron chi connectivity index (χ1n) is 8.64. The molecular weight excluding hydrogens is 413 g/mol. The summed E-state index contributed by atoms with van der Waals surface area (Å²) in [4.78, 5) is 2.26. The van der Waals surface area contributed by atoms with E-state index in [-0.39, 0.29) is 33.7 Å². The lowest BCUT2D eigenvalue weighted by atomic mass is 10.0. The van der Waals surface area contributed by atoms with E-state index in [1.165, 1.54) is 24.0 Å². The Hall–Kier alpha value is -0.790. The van der Waals surface area contributed by atoms with Crippen LogP contribution < -0.4 is 5.73 Å². The molecule has 0 aliphatic carbocycles. The zero-order valence-electron chi connectivity index (χ0n) is 15.0. The summed E-state index contributed by atoms with van der Waals surface area (Å²) in [5, 5.41) is 8.97. The summed E-state index contributed by atoms with van der Waals surface area (Å²) < 4.78 is 5.37. The van der Waals surface area contributed by atoms with Gasteiger partial charge in [-0.3, -0.25) is 0 Å². The van der Waals surface area contributed by atoms with E-state index < -0.39 is 0 Å². The Bertz CT molecular complexity index is 581. The first-order valence-corrected chi connectivity index (χ1v) is 10.7. The van der Waals surface area contributed by atoms with Gasteiger partial charge < -0.3 is 15.7 Å². The number of nitrogens with zero attached hydrogens (tertiary/aromatic N) is 2. The lowest BCUT2D eigenvalue weighted by Crippen LogP contribution is -2.23. The first kappa shape index (κ1) is 19.5. The maximum atomic E-state index is 8.97. The highest BCUT2D eigenvalue weighted by atomic mass is 127. The number of aliphatic hydroxyl groups excluding tert-OH is 1. The lowest BCUT2D eigenvalue weighted by molar-refractivity contribution is 0.275. The molecule has 0 saturated carbocycles. The van der Waals surface area contributed by atoms with E-state index in [1.807, 2.05) is 0 Å². The fraction of sp³-hybridized carbons (Fsp3) is 0.579. The fourth-order valence-corrected chi connectivity index (χ4v) is 4.69. The van der Waals surface area contributed by atoms with Crippen LogP contribution in [0, 0.1) is 0 Å². The minimum absolute atomic E-state index is 0.0208. The molecule has 24 heavy (non-hydrogen) atoms. The molecule has 1 unspecified atom stereocenters. The molecule has 0 amide bonds. The van der Waals surface area contributed by atoms with E-state index in [9.17, 15) is 0 Å². The monoisotopic (exact) mass is 443 g/mol. The number of nitrogens with two attached hydrogens (primary N) is 1. The van der Waals surface area contributed by atoms with Gasteiger partial charge in [0.05, 0.1) is 5.70 Å². The molecule has 0 aromatic heterocycles. The Balaban J connectivity index is 2.18. The third-order valence-corrected chi connectivity index (χ3v) is 6.84. The van der Waals surface area contributed by atoms with Crippen LogP contribution in [0.1, 0.15) is 44.2 Å². The molecule has 0 bridgehead atoms. The van der Waals surface area contributed by atoms with Crippen molar-refractivity contribution < 1.29 is 5.11 Å². The minimum atomic E-state index is -0.225. The van der Waals surface area contributed by atoms with Gasteiger partial charge in [-0.1, -0.05) is 24.3 Å². The number of alkyl halides is 1. The van der Waals surface area contributed by atoms with Crippen molar-refractivity contribution in [2.24, 2.45) is 8.88 Å². The zero-order valence-corrected chi connectivity index (χ0v) is 17.2. The number of hydrogen-bond acceptors (Lipinski definition) is 4. The number of hydrogen-bond donors (Lipinski definition) is 2. The van der Waals surface area contributed by atoms with Crippen LogP contribution >= 0.6 is 21.0 Å². The summed E-state index contributed by atoms with van der Waals surface area (Å²) in [5.74, 6) is 0. The van der Waals surface area contributed by atoms with Crippen molar-refractivity contribution in [2.45, 2.75) is 49.0 Å². The van der Waals surface area contributed by atoms with Gasteiger partial charge in [-0.25, -0.2) is 3.15 Å². The van der Waals surface area contributed by atoms with E-state index in [0.717, 1.165) is 18.7 Å². The highest BCUT2D eigenvalue weighted by Crippen LogP contribution is 2.35. The maximum absolute atomic E-state index is 8.97. The SMILES string of the molecule is CN1/C=C(/c2ccc(CC(N)CCO)cc2)N=IC(C)(C)CCC1. The van der Waals surface area contributed by atoms with Crippen molar-refractivity contribution in [3.8, 4) is 0 Å². The van der Waals surface area contributed by atoms with Gasteiger partial charge in [0.25, 0.3) is 0 Å². The lowest BCUT2D eigenvalue weighted by Gasteiger charge is -2.18. The average molecular weight is 443 g/mol. The van der Waals surface area contributed by atoms with Gasteiger partial charge in [-0.2, -0.15) is 0 Å². The molecule has 0 fully saturated rings. The van der Waals surface area contributed by atoms with Crippen LogP contribution in [0.15, 0.2) is 33.6 Å². The second-order valence-electron chi connectivity index (χ2n) is 7.16. The first-order chi connectivity index (χ1) is 11.4. The van der Waals surface area contributed by atoms with Crippen molar-refractivity contribution in [3.63, 3.8) is 0 Å². The highest BCUT2D eigenvalue weighted by molar-refractivity contribution is 14.2. The summed E-state index contributed by atoms with van der Waals surface area (Å²) in [6.45, 7) is 5.92. The van der Waals surface area contributed by atoms with Crippen LogP contribution in [0.4, 0.5) is 0 Å². The van der Waals surface area contributed by atoms with Gasteiger partial charge in [0.15, 0.2) is 0 Å². The van der Waals surface area contributed by atoms with Crippen LogP contribution in [0.25, 0.3) is 5.70 Å². The Labute approximate surface area is 156 Å². The van der Waals surface area contributed by atoms with Gasteiger partial charge in [-0.05, 0) is 45.1 Å². The Kier molecular flexibility index (Phi) is 7.37. The summed E-state index contributed by atoms with van der Waals surface area (Å²) >= 11 is -0.225. The van der Waals surface area contributed by atoms with Gasteiger partial charge in [-0.15, -0.1) is 0 Å². The van der Waals surface area contributed by atoms with Crippen molar-refractivity contribution in [2.75, 3.05) is 20.2 Å². The number of halogens is 1. The van der Waals surface area contributed by atoms with Crippen LogP contribution in [-0.2, 0) is 6.42 Å². The van der Waals surface area contributed by atoms with Crippen molar-refractivity contribution in [1.29, 1.82) is 0 Å². The summed E-state index contributed by atoms with van der Waals surface area (Å²) in [7, 11) is 2.13. The molecule has 1 heterocycles. The van der Waals surface area contributed by atoms with Gasteiger partial charge in [0.2, 0.25) is 0 Å². The average Bonchev–Trinajstić information content (AvgIpc) is 2.58. The molecule has 3 N–H and O–H groups in total. The molecule has 0 spiro atoms. The van der Waals surface area contributed by atoms with Gasteiger partial charge >= 0.3 is 0 Å². The van der Waals surface area contributed by atoms with Crippen LogP contribution in [0.2, 0.25) is 0 Å². The molecular formula is C19H30IN3O. The predicted octanol–water partition coefficient (Wildman–Crippen LogP) is 3.90. The second kappa shape index (κ2) is 9.06. The van der Waals surface area contributed by atoms with E-state index in [2.05, 4.69) is 56.3 Å². The minimum Gasteiger partial charge on any atom is -0.396 e. The zero-order chi connectivity index (χ0) is 17.6. The van der Waals surface area contributed by atoms with E-state index in [0.29, 0.717) is 9.84 Å². The fourth-order valence-electron chi connectivity index (χ4n) is 2.75. The normalized spacial score (nSPS) is 21.7. The van der Waals surface area contributed by atoms with E-state index in [1.54, 1.807) is 0 Å². The molecule has 5 heteroatoms. The highest BCUT2D eigenvalue weighted by Gasteiger charge is 2.18. The Morgan fingerprint density at radius 2 is 2.04 bits per heavy atom. The van der Waals surface area contributed by atoms with Crippen molar-refractivity contribution >= 4 is 26.7 Å².